The Balaban J connectivity index is 1.53. The van der Waals surface area contributed by atoms with Crippen LogP contribution in [0, 0.1) is 15.9 Å². The van der Waals surface area contributed by atoms with Crippen LogP contribution in [0.5, 0.6) is 0 Å². The van der Waals surface area contributed by atoms with Gasteiger partial charge < -0.3 is 0 Å². The van der Waals surface area contributed by atoms with Gasteiger partial charge in [0.05, 0.1) is 22.6 Å². The van der Waals surface area contributed by atoms with Crippen molar-refractivity contribution >= 4 is 35.2 Å². The third-order valence-electron chi connectivity index (χ3n) is 3.74. The summed E-state index contributed by atoms with van der Waals surface area (Å²) in [5.74, 6) is -0.671. The lowest BCUT2D eigenvalue weighted by Gasteiger charge is -1.97. The standard InChI is InChI=1S/C20H15FN4O3S/c21-16-9-7-15(8-10-16)20-23-17(13-29-20)12-19(26)24-22-11-3-5-14-4-1-2-6-18(14)25(27)28/h1-11,13H,12H2,(H,24,26)/b5-3+,22-11-. The first-order valence-corrected chi connectivity index (χ1v) is 9.33. The average Bonchev–Trinajstić information content (AvgIpc) is 3.16. The van der Waals surface area contributed by atoms with Gasteiger partial charge in [-0.2, -0.15) is 5.10 Å². The molecule has 29 heavy (non-hydrogen) atoms. The van der Waals surface area contributed by atoms with Crippen molar-refractivity contribution in [1.29, 1.82) is 0 Å². The number of halogens is 1. The van der Waals surface area contributed by atoms with Crippen molar-refractivity contribution in [2.45, 2.75) is 6.42 Å². The van der Waals surface area contributed by atoms with Crippen molar-refractivity contribution in [3.05, 3.63) is 87.2 Å². The number of benzene rings is 2. The molecule has 0 saturated carbocycles. The van der Waals surface area contributed by atoms with Crippen LogP contribution < -0.4 is 5.43 Å². The molecule has 0 fully saturated rings. The largest absolute Gasteiger partial charge is 0.276 e. The maximum atomic E-state index is 13.0. The number of nitro groups is 1. The number of hydrogen-bond acceptors (Lipinski definition) is 6. The number of hydrazone groups is 1. The van der Waals surface area contributed by atoms with E-state index in [2.05, 4.69) is 15.5 Å². The van der Waals surface area contributed by atoms with Crippen molar-refractivity contribution in [3.63, 3.8) is 0 Å². The maximum Gasteiger partial charge on any atom is 0.276 e. The zero-order chi connectivity index (χ0) is 20.6. The molecule has 1 aromatic heterocycles. The molecule has 1 heterocycles. The van der Waals surface area contributed by atoms with Gasteiger partial charge in [-0.15, -0.1) is 11.3 Å². The second-order valence-corrected chi connectivity index (χ2v) is 6.67. The molecule has 0 bridgehead atoms. The molecular weight excluding hydrogens is 395 g/mol. The number of thiazole rings is 1. The number of carbonyl (C=O) groups excluding carboxylic acids is 1. The maximum absolute atomic E-state index is 13.0. The number of aromatic nitrogens is 1. The number of nitrogens with zero attached hydrogens (tertiary/aromatic N) is 3. The molecule has 0 radical (unpaired) electrons. The molecule has 0 aliphatic carbocycles. The number of para-hydroxylation sites is 1. The molecule has 146 valence electrons. The Kier molecular flexibility index (Phi) is 6.54. The van der Waals surface area contributed by atoms with Crippen LogP contribution in [0.3, 0.4) is 0 Å². The normalized spacial score (nSPS) is 11.2. The number of amides is 1. The van der Waals surface area contributed by atoms with Crippen molar-refractivity contribution in [3.8, 4) is 10.6 Å². The first kappa shape index (κ1) is 20.0. The van der Waals surface area contributed by atoms with E-state index in [1.165, 1.54) is 47.9 Å². The van der Waals surface area contributed by atoms with Gasteiger partial charge in [0.15, 0.2) is 0 Å². The van der Waals surface area contributed by atoms with Crippen LogP contribution >= 0.6 is 11.3 Å². The number of carbonyl (C=O) groups is 1. The monoisotopic (exact) mass is 410 g/mol. The van der Waals surface area contributed by atoms with Gasteiger partial charge in [-0.25, -0.2) is 14.8 Å². The van der Waals surface area contributed by atoms with Gasteiger partial charge in [0, 0.05) is 23.2 Å². The molecule has 0 spiro atoms. The summed E-state index contributed by atoms with van der Waals surface area (Å²) in [6.45, 7) is 0. The minimum absolute atomic E-state index is 0.0123. The lowest BCUT2D eigenvalue weighted by Crippen LogP contribution is -2.19. The predicted octanol–water partition coefficient (Wildman–Crippen LogP) is 4.22. The number of hydrogen-bond donors (Lipinski definition) is 1. The summed E-state index contributed by atoms with van der Waals surface area (Å²) in [4.78, 5) is 26.8. The van der Waals surface area contributed by atoms with E-state index in [1.807, 2.05) is 0 Å². The summed E-state index contributed by atoms with van der Waals surface area (Å²) in [7, 11) is 0. The Morgan fingerprint density at radius 3 is 2.76 bits per heavy atom. The Morgan fingerprint density at radius 1 is 1.24 bits per heavy atom. The fraction of sp³-hybridized carbons (Fsp3) is 0.0500. The summed E-state index contributed by atoms with van der Waals surface area (Å²) in [5, 5.41) is 17.2. The predicted molar refractivity (Wildman–Crippen MR) is 110 cm³/mol. The Bertz CT molecular complexity index is 1080. The summed E-state index contributed by atoms with van der Waals surface area (Å²) < 4.78 is 13.0. The summed E-state index contributed by atoms with van der Waals surface area (Å²) in [6.07, 6.45) is 4.41. The second kappa shape index (κ2) is 9.47. The Morgan fingerprint density at radius 2 is 2.00 bits per heavy atom. The fourth-order valence-corrected chi connectivity index (χ4v) is 3.24. The van der Waals surface area contributed by atoms with E-state index in [-0.39, 0.29) is 23.8 Å². The van der Waals surface area contributed by atoms with E-state index >= 15 is 0 Å². The summed E-state index contributed by atoms with van der Waals surface area (Å²) >= 11 is 1.37. The van der Waals surface area contributed by atoms with E-state index in [0.29, 0.717) is 16.3 Å². The summed E-state index contributed by atoms with van der Waals surface area (Å²) in [6, 6.07) is 12.3. The molecule has 2 aromatic carbocycles. The van der Waals surface area contributed by atoms with Crippen molar-refractivity contribution in [2.24, 2.45) is 5.10 Å². The van der Waals surface area contributed by atoms with E-state index in [9.17, 15) is 19.3 Å². The molecule has 0 saturated heterocycles. The lowest BCUT2D eigenvalue weighted by atomic mass is 10.2. The highest BCUT2D eigenvalue weighted by molar-refractivity contribution is 7.13. The fourth-order valence-electron chi connectivity index (χ4n) is 2.41. The minimum atomic E-state index is -0.466. The van der Waals surface area contributed by atoms with E-state index in [1.54, 1.807) is 35.7 Å². The van der Waals surface area contributed by atoms with Crippen LogP contribution in [0.1, 0.15) is 11.3 Å². The van der Waals surface area contributed by atoms with Crippen LogP contribution in [-0.4, -0.2) is 22.0 Å². The molecule has 0 unspecified atom stereocenters. The topological polar surface area (TPSA) is 97.5 Å². The van der Waals surface area contributed by atoms with E-state index < -0.39 is 4.92 Å². The quantitative estimate of drug-likeness (QED) is 0.358. The highest BCUT2D eigenvalue weighted by atomic mass is 32.1. The van der Waals surface area contributed by atoms with Gasteiger partial charge in [0.25, 0.3) is 5.69 Å². The lowest BCUT2D eigenvalue weighted by molar-refractivity contribution is -0.385. The van der Waals surface area contributed by atoms with Gasteiger partial charge in [0.1, 0.15) is 10.8 Å². The molecular formula is C20H15FN4O3S. The van der Waals surface area contributed by atoms with Crippen LogP contribution in [0.2, 0.25) is 0 Å². The average molecular weight is 410 g/mol. The minimum Gasteiger partial charge on any atom is -0.273 e. The number of allylic oxidation sites excluding steroid dienone is 1. The van der Waals surface area contributed by atoms with Crippen LogP contribution in [0.4, 0.5) is 10.1 Å². The van der Waals surface area contributed by atoms with Crippen LogP contribution in [0.25, 0.3) is 16.6 Å². The van der Waals surface area contributed by atoms with Gasteiger partial charge in [-0.3, -0.25) is 14.9 Å². The van der Waals surface area contributed by atoms with Crippen LogP contribution in [-0.2, 0) is 11.2 Å². The van der Waals surface area contributed by atoms with Crippen LogP contribution in [0.15, 0.2) is 65.1 Å². The molecule has 9 heteroatoms. The van der Waals surface area contributed by atoms with E-state index in [0.717, 1.165) is 5.56 Å². The van der Waals surface area contributed by atoms with Crippen molar-refractivity contribution < 1.29 is 14.1 Å². The third-order valence-corrected chi connectivity index (χ3v) is 4.68. The molecule has 3 aromatic rings. The molecule has 0 atom stereocenters. The first-order valence-electron chi connectivity index (χ1n) is 8.45. The number of rotatable bonds is 7. The molecule has 7 nitrogen and oxygen atoms in total. The molecule has 1 amide bonds. The molecule has 1 N–H and O–H groups in total. The van der Waals surface area contributed by atoms with Crippen molar-refractivity contribution in [2.75, 3.05) is 0 Å². The molecule has 0 aliphatic heterocycles. The van der Waals surface area contributed by atoms with E-state index in [4.69, 9.17) is 0 Å². The molecule has 0 aliphatic rings. The Labute approximate surface area is 169 Å². The SMILES string of the molecule is O=C(Cc1csc(-c2ccc(F)cc2)n1)N/N=C\C=C\c1ccccc1[N+](=O)[O-]. The number of nitro benzene ring substituents is 1. The molecule has 3 rings (SSSR count). The summed E-state index contributed by atoms with van der Waals surface area (Å²) in [5.41, 5.74) is 4.16. The van der Waals surface area contributed by atoms with Gasteiger partial charge in [-0.05, 0) is 42.5 Å². The smallest absolute Gasteiger partial charge is 0.273 e. The zero-order valence-electron chi connectivity index (χ0n) is 15.0. The van der Waals surface area contributed by atoms with Crippen molar-refractivity contribution in [1.82, 2.24) is 10.4 Å². The third kappa shape index (κ3) is 5.63. The zero-order valence-corrected chi connectivity index (χ0v) is 15.8. The number of nitrogens with one attached hydrogen (secondary N) is 1. The van der Waals surface area contributed by atoms with Gasteiger partial charge in [-0.1, -0.05) is 12.1 Å². The highest BCUT2D eigenvalue weighted by Crippen LogP contribution is 2.24. The second-order valence-electron chi connectivity index (χ2n) is 5.82. The first-order chi connectivity index (χ1) is 14.0. The van der Waals surface area contributed by atoms with Gasteiger partial charge >= 0.3 is 0 Å². The highest BCUT2D eigenvalue weighted by Gasteiger charge is 2.09. The Hall–Kier alpha value is -3.72. The van der Waals surface area contributed by atoms with Gasteiger partial charge in [0.2, 0.25) is 5.91 Å².